The summed E-state index contributed by atoms with van der Waals surface area (Å²) in [5.74, 6) is 0.611. The molecule has 0 aliphatic heterocycles. The highest BCUT2D eigenvalue weighted by Crippen LogP contribution is 2.65. The van der Waals surface area contributed by atoms with E-state index >= 15 is 0 Å². The van der Waals surface area contributed by atoms with Gasteiger partial charge in [-0.2, -0.15) is 0 Å². The van der Waals surface area contributed by atoms with Crippen LogP contribution in [0.1, 0.15) is 65.7 Å². The van der Waals surface area contributed by atoms with Gasteiger partial charge in [0.05, 0.1) is 17.6 Å². The van der Waals surface area contributed by atoms with Gasteiger partial charge < -0.3 is 10.2 Å². The van der Waals surface area contributed by atoms with E-state index in [0.717, 1.165) is 38.5 Å². The Morgan fingerprint density at radius 3 is 2.43 bits per heavy atom. The Labute approximate surface area is 140 Å². The molecular weight excluding hydrogens is 288 g/mol. The number of carbonyl (C=O) groups excluding carboxylic acids is 1. The van der Waals surface area contributed by atoms with Gasteiger partial charge in [0.25, 0.3) is 0 Å². The summed E-state index contributed by atoms with van der Waals surface area (Å²) in [5.41, 5.74) is -1.32. The summed E-state index contributed by atoms with van der Waals surface area (Å²) < 4.78 is 0. The Balaban J connectivity index is 1.98. The normalized spacial score (nSPS) is 53.3. The first-order chi connectivity index (χ1) is 10.6. The lowest BCUT2D eigenvalue weighted by Crippen LogP contribution is -2.64. The first-order valence-electron chi connectivity index (χ1n) is 9.14. The van der Waals surface area contributed by atoms with Crippen molar-refractivity contribution in [3.8, 4) is 0 Å². The fraction of sp³-hybridized carbons (Fsp3) is 0.850. The van der Waals surface area contributed by atoms with Crippen LogP contribution in [0.4, 0.5) is 0 Å². The fourth-order valence-electron chi connectivity index (χ4n) is 6.46. The third-order valence-electron chi connectivity index (χ3n) is 7.94. The molecule has 0 amide bonds. The second kappa shape index (κ2) is 5.16. The zero-order chi connectivity index (χ0) is 17.1. The molecule has 2 N–H and O–H groups in total. The van der Waals surface area contributed by atoms with Crippen LogP contribution in [0.5, 0.6) is 0 Å². The average Bonchev–Trinajstić information content (AvgIpc) is 2.50. The van der Waals surface area contributed by atoms with E-state index < -0.39 is 11.0 Å². The molecule has 0 aromatic carbocycles. The Bertz CT molecular complexity index is 529. The van der Waals surface area contributed by atoms with Crippen LogP contribution >= 0.6 is 0 Å². The fourth-order valence-corrected chi connectivity index (χ4v) is 6.46. The van der Waals surface area contributed by atoms with Gasteiger partial charge in [-0.1, -0.05) is 26.8 Å². The molecule has 3 rings (SSSR count). The number of hydrogen-bond donors (Lipinski definition) is 2. The Morgan fingerprint density at radius 1 is 1.17 bits per heavy atom. The number of Topliss-reactive ketones (excluding diaryl/α,β-unsaturated/α-hetero) is 1. The molecule has 6 atom stereocenters. The van der Waals surface area contributed by atoms with Gasteiger partial charge in [0, 0.05) is 6.42 Å². The maximum absolute atomic E-state index is 12.5. The number of hydrogen-bond acceptors (Lipinski definition) is 3. The molecule has 130 valence electrons. The second-order valence-electron chi connectivity index (χ2n) is 9.33. The quantitative estimate of drug-likeness (QED) is 0.766. The van der Waals surface area contributed by atoms with Crippen LogP contribution in [0.2, 0.25) is 0 Å². The van der Waals surface area contributed by atoms with Gasteiger partial charge in [-0.15, -0.1) is 6.58 Å². The smallest absolute Gasteiger partial charge is 0.141 e. The molecule has 0 bridgehead atoms. The van der Waals surface area contributed by atoms with E-state index in [1.165, 1.54) is 0 Å². The molecule has 3 nitrogen and oxygen atoms in total. The Morgan fingerprint density at radius 2 is 1.83 bits per heavy atom. The van der Waals surface area contributed by atoms with Gasteiger partial charge in [-0.3, -0.25) is 4.79 Å². The standard InChI is InChI=1S/C20H32O3/c1-5-17(2)9-6-15-18(3)10-8-16(22)19(4,13-21)14(18)7-11-20(15,23)12-17/h5,14-15,21,23H,1,6-13H2,2-4H3. The van der Waals surface area contributed by atoms with E-state index in [-0.39, 0.29) is 35.1 Å². The number of aliphatic hydroxyl groups is 2. The molecular formula is C20H32O3. The molecule has 23 heavy (non-hydrogen) atoms. The first kappa shape index (κ1) is 17.2. The molecule has 0 spiro atoms. The summed E-state index contributed by atoms with van der Waals surface area (Å²) in [7, 11) is 0. The van der Waals surface area contributed by atoms with E-state index in [2.05, 4.69) is 20.4 Å². The minimum Gasteiger partial charge on any atom is -0.395 e. The van der Waals surface area contributed by atoms with E-state index in [0.29, 0.717) is 6.42 Å². The summed E-state index contributed by atoms with van der Waals surface area (Å²) >= 11 is 0. The number of aliphatic hydroxyl groups excluding tert-OH is 1. The van der Waals surface area contributed by atoms with Crippen LogP contribution in [-0.2, 0) is 4.79 Å². The largest absolute Gasteiger partial charge is 0.395 e. The summed E-state index contributed by atoms with van der Waals surface area (Å²) in [6, 6.07) is 0. The summed E-state index contributed by atoms with van der Waals surface area (Å²) in [5, 5.41) is 21.4. The zero-order valence-corrected chi connectivity index (χ0v) is 14.9. The van der Waals surface area contributed by atoms with Crippen molar-refractivity contribution in [2.24, 2.45) is 28.1 Å². The van der Waals surface area contributed by atoms with Crippen molar-refractivity contribution in [3.05, 3.63) is 12.7 Å². The van der Waals surface area contributed by atoms with Crippen LogP contribution in [-0.4, -0.2) is 28.2 Å². The van der Waals surface area contributed by atoms with Gasteiger partial charge in [-0.05, 0) is 61.2 Å². The lowest BCUT2D eigenvalue weighted by Gasteiger charge is -2.64. The molecule has 0 aromatic rings. The monoisotopic (exact) mass is 320 g/mol. The highest BCUT2D eigenvalue weighted by molar-refractivity contribution is 5.86. The van der Waals surface area contributed by atoms with Crippen molar-refractivity contribution in [3.63, 3.8) is 0 Å². The van der Waals surface area contributed by atoms with Gasteiger partial charge >= 0.3 is 0 Å². The Kier molecular flexibility index (Phi) is 3.85. The van der Waals surface area contributed by atoms with Crippen molar-refractivity contribution in [2.75, 3.05) is 6.61 Å². The molecule has 0 heterocycles. The number of allylic oxidation sites excluding steroid dienone is 1. The van der Waals surface area contributed by atoms with Crippen LogP contribution < -0.4 is 0 Å². The van der Waals surface area contributed by atoms with E-state index in [9.17, 15) is 15.0 Å². The van der Waals surface area contributed by atoms with Crippen LogP contribution in [0, 0.1) is 28.1 Å². The van der Waals surface area contributed by atoms with Gasteiger partial charge in [0.15, 0.2) is 0 Å². The summed E-state index contributed by atoms with van der Waals surface area (Å²) in [6.07, 6.45) is 7.79. The highest BCUT2D eigenvalue weighted by Gasteiger charge is 2.64. The molecule has 0 saturated heterocycles. The number of ketones is 1. The maximum Gasteiger partial charge on any atom is 0.141 e. The van der Waals surface area contributed by atoms with Gasteiger partial charge in [0.2, 0.25) is 0 Å². The third-order valence-corrected chi connectivity index (χ3v) is 7.94. The molecule has 3 aliphatic rings. The Hall–Kier alpha value is -0.670. The van der Waals surface area contributed by atoms with E-state index in [1.54, 1.807) is 0 Å². The minimum atomic E-state index is -0.650. The molecule has 3 fully saturated rings. The van der Waals surface area contributed by atoms with Gasteiger partial charge in [-0.25, -0.2) is 0 Å². The second-order valence-corrected chi connectivity index (χ2v) is 9.33. The molecule has 0 aromatic heterocycles. The zero-order valence-electron chi connectivity index (χ0n) is 14.9. The summed E-state index contributed by atoms with van der Waals surface area (Å²) in [6.45, 7) is 10.3. The van der Waals surface area contributed by atoms with Crippen LogP contribution in [0.25, 0.3) is 0 Å². The van der Waals surface area contributed by atoms with Crippen molar-refractivity contribution in [1.29, 1.82) is 0 Å². The summed E-state index contributed by atoms with van der Waals surface area (Å²) in [4.78, 5) is 12.5. The average molecular weight is 320 g/mol. The predicted molar refractivity (Wildman–Crippen MR) is 90.9 cm³/mol. The number of carbonyl (C=O) groups is 1. The highest BCUT2D eigenvalue weighted by atomic mass is 16.3. The van der Waals surface area contributed by atoms with Crippen LogP contribution in [0.3, 0.4) is 0 Å². The van der Waals surface area contributed by atoms with Crippen molar-refractivity contribution in [2.45, 2.75) is 71.3 Å². The molecule has 3 saturated carbocycles. The molecule has 3 heteroatoms. The maximum atomic E-state index is 12.5. The minimum absolute atomic E-state index is 0.0131. The van der Waals surface area contributed by atoms with Gasteiger partial charge in [0.1, 0.15) is 5.78 Å². The molecule has 3 aliphatic carbocycles. The third kappa shape index (κ3) is 2.26. The topological polar surface area (TPSA) is 57.5 Å². The molecule has 0 radical (unpaired) electrons. The lowest BCUT2D eigenvalue weighted by molar-refractivity contribution is -0.208. The van der Waals surface area contributed by atoms with Crippen molar-refractivity contribution < 1.29 is 15.0 Å². The number of rotatable bonds is 2. The SMILES string of the molecule is C=CC1(C)CCC2C(O)(CCC3C(C)(CO)C(=O)CCC23C)C1. The first-order valence-corrected chi connectivity index (χ1v) is 9.14. The van der Waals surface area contributed by atoms with Crippen molar-refractivity contribution >= 4 is 5.78 Å². The number of fused-ring (bicyclic) bond motifs is 3. The van der Waals surface area contributed by atoms with E-state index in [1.807, 2.05) is 13.0 Å². The molecule has 6 unspecified atom stereocenters. The van der Waals surface area contributed by atoms with Crippen LogP contribution in [0.15, 0.2) is 12.7 Å². The lowest BCUT2D eigenvalue weighted by atomic mass is 9.41. The predicted octanol–water partition coefficient (Wildman–Crippen LogP) is 3.49. The van der Waals surface area contributed by atoms with Crippen molar-refractivity contribution in [1.82, 2.24) is 0 Å². The van der Waals surface area contributed by atoms with E-state index in [4.69, 9.17) is 0 Å².